The Bertz CT molecular complexity index is 61.2. The number of hydrogen-bond acceptors (Lipinski definition) is 2. The SMILES string of the molecule is CC(O)C(=O)O.[Sr]. The van der Waals surface area contributed by atoms with E-state index >= 15 is 0 Å². The van der Waals surface area contributed by atoms with Crippen molar-refractivity contribution in [3.8, 4) is 0 Å². The number of hydrogen-bond donors (Lipinski definition) is 2. The summed E-state index contributed by atoms with van der Waals surface area (Å²) in [5, 5.41) is 15.8. The Kier molecular flexibility index (Phi) is 7.81. The summed E-state index contributed by atoms with van der Waals surface area (Å²) in [4.78, 5) is 9.45. The zero-order chi connectivity index (χ0) is 5.15. The molecule has 0 bridgehead atoms. The topological polar surface area (TPSA) is 57.5 Å². The Hall–Kier alpha value is 0.911. The summed E-state index contributed by atoms with van der Waals surface area (Å²) >= 11 is 0. The van der Waals surface area contributed by atoms with Gasteiger partial charge in [-0.15, -0.1) is 0 Å². The van der Waals surface area contributed by atoms with Gasteiger partial charge in [0.1, 0.15) is 6.10 Å². The van der Waals surface area contributed by atoms with E-state index in [0.717, 1.165) is 0 Å². The third kappa shape index (κ3) is 6.91. The van der Waals surface area contributed by atoms with Gasteiger partial charge in [0.15, 0.2) is 0 Å². The molecule has 7 heavy (non-hydrogen) atoms. The Morgan fingerprint density at radius 1 is 1.71 bits per heavy atom. The Balaban J connectivity index is 0. The minimum absolute atomic E-state index is 0. The quantitative estimate of drug-likeness (QED) is 0.509. The van der Waals surface area contributed by atoms with Crippen LogP contribution in [0.5, 0.6) is 0 Å². The molecule has 2 radical (unpaired) electrons. The fraction of sp³-hybridized carbons (Fsp3) is 0.667. The van der Waals surface area contributed by atoms with Crippen LogP contribution in [0, 0.1) is 0 Å². The monoisotopic (exact) mass is 178 g/mol. The zero-order valence-corrected chi connectivity index (χ0v) is 7.56. The second kappa shape index (κ2) is 5.06. The third-order valence-corrected chi connectivity index (χ3v) is 0.357. The molecular weight excluding hydrogens is 172 g/mol. The van der Waals surface area contributed by atoms with E-state index in [2.05, 4.69) is 0 Å². The molecule has 1 unspecified atom stereocenters. The average Bonchev–Trinajstić information content (AvgIpc) is 1.36. The van der Waals surface area contributed by atoms with Crippen molar-refractivity contribution in [3.63, 3.8) is 0 Å². The fourth-order valence-electron chi connectivity index (χ4n) is 0. The van der Waals surface area contributed by atoms with E-state index < -0.39 is 12.1 Å². The number of aliphatic hydroxyl groups excluding tert-OH is 1. The van der Waals surface area contributed by atoms with E-state index in [4.69, 9.17) is 10.2 Å². The van der Waals surface area contributed by atoms with Gasteiger partial charge in [0.25, 0.3) is 0 Å². The van der Waals surface area contributed by atoms with E-state index in [1.807, 2.05) is 0 Å². The number of rotatable bonds is 1. The van der Waals surface area contributed by atoms with E-state index in [1.54, 1.807) is 0 Å². The smallest absolute Gasteiger partial charge is 0.332 e. The molecule has 0 aliphatic heterocycles. The van der Waals surface area contributed by atoms with Crippen LogP contribution in [-0.2, 0) is 4.79 Å². The summed E-state index contributed by atoms with van der Waals surface area (Å²) in [6.07, 6.45) is -1.23. The second-order valence-corrected chi connectivity index (χ2v) is 1.01. The van der Waals surface area contributed by atoms with E-state index in [0.29, 0.717) is 0 Å². The number of carboxylic acid groups (broad SMARTS) is 1. The first-order valence-corrected chi connectivity index (χ1v) is 1.55. The zero-order valence-electron chi connectivity index (χ0n) is 4.09. The Morgan fingerprint density at radius 3 is 1.86 bits per heavy atom. The van der Waals surface area contributed by atoms with Gasteiger partial charge in [-0.1, -0.05) is 0 Å². The van der Waals surface area contributed by atoms with Crippen molar-refractivity contribution in [3.05, 3.63) is 0 Å². The van der Waals surface area contributed by atoms with Gasteiger partial charge in [0.05, 0.1) is 0 Å². The number of aliphatic carboxylic acids is 1. The molecule has 0 saturated carbocycles. The van der Waals surface area contributed by atoms with Crippen LogP contribution in [0.3, 0.4) is 0 Å². The fourth-order valence-corrected chi connectivity index (χ4v) is 0. The molecule has 2 N–H and O–H groups in total. The van der Waals surface area contributed by atoms with Crippen molar-refractivity contribution < 1.29 is 15.0 Å². The van der Waals surface area contributed by atoms with Gasteiger partial charge in [0.2, 0.25) is 0 Å². The molecule has 0 amide bonds. The molecule has 3 nitrogen and oxygen atoms in total. The molecule has 1 atom stereocenters. The second-order valence-electron chi connectivity index (χ2n) is 1.01. The maximum atomic E-state index is 9.45. The van der Waals surface area contributed by atoms with Crippen LogP contribution in [0.15, 0.2) is 0 Å². The Morgan fingerprint density at radius 2 is 1.86 bits per heavy atom. The summed E-state index contributed by atoms with van der Waals surface area (Å²) in [7, 11) is 0. The predicted octanol–water partition coefficient (Wildman–Crippen LogP) is -0.929. The molecule has 0 aliphatic rings. The molecule has 0 aromatic rings. The van der Waals surface area contributed by atoms with Crippen LogP contribution in [0.2, 0.25) is 0 Å². The number of aliphatic hydroxyl groups is 1. The molecule has 0 aliphatic carbocycles. The largest absolute Gasteiger partial charge is 0.479 e. The van der Waals surface area contributed by atoms with Gasteiger partial charge in [0, 0.05) is 45.5 Å². The van der Waals surface area contributed by atoms with Crippen molar-refractivity contribution in [2.24, 2.45) is 0 Å². The maximum Gasteiger partial charge on any atom is 0.332 e. The van der Waals surface area contributed by atoms with Crippen LogP contribution in [0.25, 0.3) is 0 Å². The first-order chi connectivity index (χ1) is 2.64. The molecule has 0 aromatic heterocycles. The van der Waals surface area contributed by atoms with Crippen LogP contribution in [-0.4, -0.2) is 67.8 Å². The van der Waals surface area contributed by atoms with Gasteiger partial charge in [-0.2, -0.15) is 0 Å². The molecule has 4 heteroatoms. The van der Waals surface area contributed by atoms with Crippen LogP contribution in [0.1, 0.15) is 6.92 Å². The Labute approximate surface area is 78.6 Å². The van der Waals surface area contributed by atoms with Gasteiger partial charge in [-0.3, -0.25) is 0 Å². The first-order valence-electron chi connectivity index (χ1n) is 1.55. The normalized spacial score (nSPS) is 11.7. The summed E-state index contributed by atoms with van der Waals surface area (Å²) in [5.74, 6) is -1.19. The molecular formula is C3H6O3Sr. The van der Waals surface area contributed by atoms with Crippen molar-refractivity contribution in [1.82, 2.24) is 0 Å². The van der Waals surface area contributed by atoms with Crippen molar-refractivity contribution in [1.29, 1.82) is 0 Å². The van der Waals surface area contributed by atoms with Crippen LogP contribution >= 0.6 is 0 Å². The molecule has 0 fully saturated rings. The van der Waals surface area contributed by atoms with Gasteiger partial charge in [-0.05, 0) is 6.92 Å². The maximum absolute atomic E-state index is 9.45. The predicted molar refractivity (Wildman–Crippen MR) is 25.1 cm³/mol. The van der Waals surface area contributed by atoms with Crippen molar-refractivity contribution in [2.75, 3.05) is 0 Å². The van der Waals surface area contributed by atoms with E-state index in [-0.39, 0.29) is 45.5 Å². The number of carboxylic acids is 1. The van der Waals surface area contributed by atoms with Gasteiger partial charge < -0.3 is 10.2 Å². The summed E-state index contributed by atoms with van der Waals surface area (Å²) in [6, 6.07) is 0. The summed E-state index contributed by atoms with van der Waals surface area (Å²) < 4.78 is 0. The third-order valence-electron chi connectivity index (χ3n) is 0.357. The molecule has 0 spiro atoms. The van der Waals surface area contributed by atoms with Crippen LogP contribution < -0.4 is 0 Å². The van der Waals surface area contributed by atoms with Gasteiger partial charge >= 0.3 is 5.97 Å². The summed E-state index contributed by atoms with van der Waals surface area (Å²) in [6.45, 7) is 1.20. The molecule has 0 heterocycles. The van der Waals surface area contributed by atoms with Crippen LogP contribution in [0.4, 0.5) is 0 Å². The van der Waals surface area contributed by atoms with Gasteiger partial charge in [-0.25, -0.2) is 4.79 Å². The van der Waals surface area contributed by atoms with Crippen molar-refractivity contribution in [2.45, 2.75) is 13.0 Å². The average molecular weight is 178 g/mol. The van der Waals surface area contributed by atoms with Crippen molar-refractivity contribution >= 4 is 51.5 Å². The molecule has 38 valence electrons. The van der Waals surface area contributed by atoms with E-state index in [9.17, 15) is 4.79 Å². The first kappa shape index (κ1) is 10.8. The molecule has 0 rings (SSSR count). The van der Waals surface area contributed by atoms with E-state index in [1.165, 1.54) is 6.92 Å². The minimum Gasteiger partial charge on any atom is -0.479 e. The summed E-state index contributed by atoms with van der Waals surface area (Å²) in [5.41, 5.74) is 0. The number of carbonyl (C=O) groups is 1. The minimum atomic E-state index is -1.23. The molecule has 0 aromatic carbocycles. The molecule has 0 saturated heterocycles. The standard InChI is InChI=1S/C3H6O3.Sr/c1-2(4)3(5)6;/h2,4H,1H3,(H,5,6);.